The zero-order valence-corrected chi connectivity index (χ0v) is 108. The van der Waals surface area contributed by atoms with Crippen LogP contribution in [0.2, 0.25) is 124 Å². The first kappa shape index (κ1) is 137. The number of halogens is 7. The normalized spacial score (nSPS) is 21.6. The Morgan fingerprint density at radius 2 is 0.735 bits per heavy atom. The largest absolute Gasteiger partial charge is 0.534 e. The second-order valence-electron chi connectivity index (χ2n) is 46.2. The van der Waals surface area contributed by atoms with Crippen molar-refractivity contribution < 1.29 is 126 Å². The van der Waals surface area contributed by atoms with Gasteiger partial charge in [0.2, 0.25) is 22.5 Å². The summed E-state index contributed by atoms with van der Waals surface area (Å²) in [4.78, 5) is 31.6. The van der Waals surface area contributed by atoms with E-state index < -0.39 is 134 Å². The molecule has 3 fully saturated rings. The molecule has 3 aromatic heterocycles. The molecule has 0 radical (unpaired) electrons. The molecule has 0 amide bonds. The Morgan fingerprint density at radius 3 is 0.993 bits per heavy atom. The van der Waals surface area contributed by atoms with Crippen LogP contribution in [0.15, 0.2) is 103 Å². The summed E-state index contributed by atoms with van der Waals surface area (Å²) < 4.78 is 219. The third-order valence-electron chi connectivity index (χ3n) is 26.3. The molecule has 0 unspecified atom stereocenters. The Labute approximate surface area is 897 Å². The van der Waals surface area contributed by atoms with Gasteiger partial charge in [-0.1, -0.05) is 206 Å². The molecule has 0 bridgehead atoms. The molecule has 0 aliphatic carbocycles. The quantitative estimate of drug-likeness (QED) is 0.00742. The van der Waals surface area contributed by atoms with Crippen LogP contribution >= 0.6 is 15.9 Å². The predicted octanol–water partition coefficient (Wildman–Crippen LogP) is 26.7. The summed E-state index contributed by atoms with van der Waals surface area (Å²) in [5.74, 6) is 8.87. The third-order valence-corrected chi connectivity index (χ3v) is 54.8. The van der Waals surface area contributed by atoms with Gasteiger partial charge in [-0.3, -0.25) is 4.79 Å². The molecule has 3 aliphatic heterocycles. The topological polar surface area (TPSA) is 293 Å². The number of esters is 1. The van der Waals surface area contributed by atoms with Crippen LogP contribution in [0.3, 0.4) is 0 Å². The van der Waals surface area contributed by atoms with Gasteiger partial charge >= 0.3 is 264 Å². The van der Waals surface area contributed by atoms with E-state index in [0.717, 1.165) is 45.4 Å². The maximum Gasteiger partial charge on any atom is 0.534 e. The molecule has 0 aromatic carbocycles. The average molecular weight is 2390 g/mol. The molecule has 14 atom stereocenters. The maximum absolute atomic E-state index is 12.9. The minimum atomic E-state index is -5.90. The predicted molar refractivity (Wildman–Crippen MR) is 596 cm³/mol. The van der Waals surface area contributed by atoms with Crippen LogP contribution in [0.4, 0.5) is 26.3 Å². The number of ether oxygens (including phenoxy) is 9. The third kappa shape index (κ3) is 44.2. The molecule has 840 valence electrons. The van der Waals surface area contributed by atoms with Gasteiger partial charge in [-0.05, 0) is 54.0 Å². The number of carbonyl (C=O) groups excluding carboxylic acids is 1. The van der Waals surface area contributed by atoms with E-state index in [-0.39, 0.29) is 97.0 Å². The van der Waals surface area contributed by atoms with Crippen molar-refractivity contribution in [3.05, 3.63) is 108 Å². The van der Waals surface area contributed by atoms with E-state index in [9.17, 15) is 48.0 Å². The van der Waals surface area contributed by atoms with E-state index in [0.29, 0.717) is 101 Å². The second kappa shape index (κ2) is 59.5. The fourth-order valence-electron chi connectivity index (χ4n) is 19.5. The van der Waals surface area contributed by atoms with Gasteiger partial charge in [-0.25, -0.2) is 0 Å². The minimum absolute atomic E-state index is 0.00220. The van der Waals surface area contributed by atoms with Gasteiger partial charge < -0.3 is 59.2 Å². The second-order valence-corrected chi connectivity index (χ2v) is 94.6. The molecular weight excluding hydrogens is 2210 g/mol. The summed E-state index contributed by atoms with van der Waals surface area (Å²) >= 11 is 0.556. The van der Waals surface area contributed by atoms with Crippen molar-refractivity contribution in [1.29, 1.82) is 0 Å². The Balaban J connectivity index is 0.000000532. The van der Waals surface area contributed by atoms with Gasteiger partial charge in [0.15, 0.2) is 18.4 Å². The van der Waals surface area contributed by atoms with E-state index >= 15 is 0 Å². The minimum Gasteiger partial charge on any atom is -0.459 e. The maximum atomic E-state index is 12.9. The van der Waals surface area contributed by atoms with Gasteiger partial charge in [0.1, 0.15) is 36.4 Å². The van der Waals surface area contributed by atoms with Gasteiger partial charge in [-0.15, -0.1) is 34.4 Å². The van der Waals surface area contributed by atoms with Crippen molar-refractivity contribution in [2.75, 3.05) is 42.7 Å². The molecule has 6 heterocycles. The molecule has 0 spiro atoms. The van der Waals surface area contributed by atoms with Crippen molar-refractivity contribution in [3.63, 3.8) is 0 Å². The summed E-state index contributed by atoms with van der Waals surface area (Å²) in [5, 5.41) is 0.127. The van der Waals surface area contributed by atoms with Crippen LogP contribution in [0.1, 0.15) is 235 Å². The van der Waals surface area contributed by atoms with Crippen LogP contribution in [0, 0.1) is 34.4 Å². The molecule has 6 rings (SSSR count). The summed E-state index contributed by atoms with van der Waals surface area (Å²) in [5.41, 5.74) is 4.34. The zero-order valence-electron chi connectivity index (χ0n) is 95.8. The van der Waals surface area contributed by atoms with E-state index in [1.54, 1.807) is 35.5 Å². The van der Waals surface area contributed by atoms with E-state index in [2.05, 4.69) is 335 Å². The number of methoxy groups -OCH3 is 6. The Kier molecular flexibility index (Phi) is 55.3. The summed E-state index contributed by atoms with van der Waals surface area (Å²) in [6.45, 7) is 71.4. The van der Waals surface area contributed by atoms with Crippen LogP contribution in [-0.4, -0.2) is 243 Å². The summed E-state index contributed by atoms with van der Waals surface area (Å²) in [7, 11) is -12.6. The zero-order chi connectivity index (χ0) is 113. The Morgan fingerprint density at radius 1 is 0.456 bits per heavy atom. The first-order valence-electron chi connectivity index (χ1n) is 51.2. The first-order chi connectivity index (χ1) is 67.4. The Bertz CT molecular complexity index is 5110. The SMILES string of the molecule is CO[C@@H]1C[C@H]([C@@H](/C=C(C)/C=C/[C@@H](CC#C[Si](C)(C)C)OC)O[Si](C(C)C)(C(C)C)C(C)C)O[C@](C)(Cc2n[c]([Sn]([CH3])([CH3])[CH3])co2)C1.CO[C@@H]1C[C@H]([C@@H](/C=C(C)/C=C/[C@@H](CC#C[Si](C)(C)C)OC)O[Si](C(C)C)(C(C)C)C(C)C)O[C@](C)(Cc2nc(OS(=O)(=O)C(F)(F)F)co2)C1.CO[C@H]1CC(=O)O[C@@H]([C@@H](/C=C(C)/C=C/[C@@H](CC#C[Si](C)(C)C)OC)O[Si](C(C)C)(C(C)C)C(C)C)C1.O=S(=O)(Oc1coc(CBr)n1)C(F)(F)F. The van der Waals surface area contributed by atoms with Crippen molar-refractivity contribution >= 4 is 113 Å². The standard InChI is InChI=1S/C35H58F3NO8SSi2.C34H58NO5Si2.C29H52O5Si2.C5H3BrF3NO4S.3CH3.Sn/c1-24(2)50(25(3)4,26(5)6)47-31(19-27(7)16-17-28(42-9)15-14-18-49(11,12)13)30-20-29(43-10)21-34(8,45-30)22-32-39-33(23-44-32)46-48(40,41)35(36,37)38;1-25(2)42(26(3)4,27(5)6)40-32(21-28(7)16-17-29(36-9)15-14-20-41(11,12)13)31-22-30(37-10)23-34(8,39-31)24-33-35-18-19-38-33;1-21(2)36(22(3)4,23(5)6)34-28(27-19-26(32-9)20-29(30)33-27)18-24(7)15-16-25(31-8)14-13-17-35(10,11)12;6-1-3-10-4(2-13-3)14-15(11,12)5(7,8)9;;;;/h16-17,19,23-26,28-31H,15,20-22H2,1-13H3;16-17,19,21,25-27,29-32H,15,22-24H2,1-13H3;15-16,18,21-23,25-28H,14,19-20H2,1-12H3;2H,1H2;3*1H3;/b17-16+,27-19+;17-16+,28-21+;16-15+,24-18+;;;;;/t28-,29-,30-,31-,34+;29-,30-,31-,32-,34+;25-,26-,27-,28-;;;;;/m111...../s1. The van der Waals surface area contributed by atoms with Gasteiger partial charge in [-0.2, -0.15) is 53.1 Å². The molecular formula is C106H180BrF6N3O22S2Si6Sn. The van der Waals surface area contributed by atoms with E-state index in [4.69, 9.17) is 69.7 Å². The molecule has 0 saturated carbocycles. The van der Waals surface area contributed by atoms with E-state index in [1.807, 2.05) is 39.4 Å². The number of hydrogen-bond acceptors (Lipinski definition) is 25. The van der Waals surface area contributed by atoms with Crippen molar-refractivity contribution in [3.8, 4) is 46.2 Å². The fraction of sp³-hybridized carbons (Fsp3) is 0.736. The molecule has 3 aliphatic rings. The first-order valence-corrected chi connectivity index (χ1v) is 82.1. The summed E-state index contributed by atoms with van der Waals surface area (Å²) in [6, 6.07) is 0. The van der Waals surface area contributed by atoms with Gasteiger partial charge in [0, 0.05) is 74.1 Å². The summed E-state index contributed by atoms with van der Waals surface area (Å²) in [6.07, 6.45) is 25.5. The molecule has 0 N–H and O–H groups in total. The Hall–Kier alpha value is -4.56. The average Bonchev–Trinajstić information content (AvgIpc) is 1.03. The van der Waals surface area contributed by atoms with Crippen molar-refractivity contribution in [2.45, 2.75) is 454 Å². The van der Waals surface area contributed by atoms with Crippen molar-refractivity contribution in [1.82, 2.24) is 15.0 Å². The number of oxazole rings is 3. The smallest absolute Gasteiger partial charge is 0.459 e. The van der Waals surface area contributed by atoms with Crippen LogP contribution < -0.4 is 12.1 Å². The van der Waals surface area contributed by atoms with Crippen LogP contribution in [-0.2, 0) is 99.1 Å². The number of alkyl halides is 7. The number of hydrogen-bond donors (Lipinski definition) is 0. The molecule has 25 nitrogen and oxygen atoms in total. The van der Waals surface area contributed by atoms with Crippen molar-refractivity contribution in [2.24, 2.45) is 0 Å². The van der Waals surface area contributed by atoms with Crippen LogP contribution in [0.5, 0.6) is 11.8 Å². The molecule has 41 heteroatoms. The van der Waals surface area contributed by atoms with Gasteiger partial charge in [0.05, 0.1) is 66.5 Å². The molecule has 147 heavy (non-hydrogen) atoms. The number of cyclic esters (lactones) is 1. The number of allylic oxidation sites excluding steroid dienone is 6. The fourth-order valence-corrected chi connectivity index (χ4v) is 41.4. The number of aromatic nitrogens is 3. The monoisotopic (exact) mass is 2390 g/mol. The van der Waals surface area contributed by atoms with Gasteiger partial charge in [0.25, 0.3) is 11.8 Å². The number of rotatable bonds is 46. The number of carbonyl (C=O) groups is 1. The van der Waals surface area contributed by atoms with Crippen LogP contribution in [0.25, 0.3) is 0 Å². The van der Waals surface area contributed by atoms with E-state index in [1.165, 1.54) is 0 Å². The number of nitrogens with zero attached hydrogens (tertiary/aromatic N) is 3. The molecule has 3 saturated heterocycles. The molecule has 3 aromatic rings.